The number of nitrogens with zero attached hydrogens (tertiary/aromatic N) is 3. The van der Waals surface area contributed by atoms with Crippen molar-refractivity contribution in [2.24, 2.45) is 5.92 Å². The van der Waals surface area contributed by atoms with Gasteiger partial charge in [-0.3, -0.25) is 0 Å². The Balaban J connectivity index is 2.37. The van der Waals surface area contributed by atoms with E-state index in [1.165, 1.54) is 0 Å². The third-order valence-corrected chi connectivity index (χ3v) is 3.18. The molecule has 0 aromatic carbocycles. The monoisotopic (exact) mass is 267 g/mol. The second-order valence-corrected chi connectivity index (χ2v) is 5.80. The van der Waals surface area contributed by atoms with Gasteiger partial charge >= 0.3 is 0 Å². The Kier molecular flexibility index (Phi) is 3.74. The van der Waals surface area contributed by atoms with Crippen molar-refractivity contribution < 1.29 is 0 Å². The lowest BCUT2D eigenvalue weighted by molar-refractivity contribution is 0.634. The van der Waals surface area contributed by atoms with Crippen LogP contribution in [0.5, 0.6) is 0 Å². The van der Waals surface area contributed by atoms with Gasteiger partial charge in [0, 0.05) is 11.1 Å². The summed E-state index contributed by atoms with van der Waals surface area (Å²) in [4.78, 5) is 13.1. The zero-order valence-electron chi connectivity index (χ0n) is 10.1. The molecule has 0 fully saturated rings. The van der Waals surface area contributed by atoms with Crippen LogP contribution in [-0.2, 0) is 6.42 Å². The summed E-state index contributed by atoms with van der Waals surface area (Å²) in [6.45, 7) is 6.28. The van der Waals surface area contributed by atoms with Crippen LogP contribution in [0.4, 0.5) is 0 Å². The van der Waals surface area contributed by atoms with Gasteiger partial charge in [-0.15, -0.1) is 11.3 Å². The number of aryl methyl sites for hydroxylation is 1. The quantitative estimate of drug-likeness (QED) is 0.795. The van der Waals surface area contributed by atoms with E-state index in [1.54, 1.807) is 11.3 Å². The van der Waals surface area contributed by atoms with Crippen molar-refractivity contribution >= 4 is 22.9 Å². The topological polar surface area (TPSA) is 38.7 Å². The van der Waals surface area contributed by atoms with Crippen molar-refractivity contribution in [1.82, 2.24) is 15.0 Å². The molecule has 0 unspecified atom stereocenters. The van der Waals surface area contributed by atoms with Gasteiger partial charge in [0.15, 0.2) is 5.82 Å². The number of halogens is 1. The summed E-state index contributed by atoms with van der Waals surface area (Å²) in [6.07, 6.45) is 0.901. The van der Waals surface area contributed by atoms with Gasteiger partial charge in [-0.2, -0.15) is 0 Å². The lowest BCUT2D eigenvalue weighted by Crippen LogP contribution is -2.00. The van der Waals surface area contributed by atoms with Crippen molar-refractivity contribution in [3.8, 4) is 11.5 Å². The normalized spacial score (nSPS) is 11.1. The van der Waals surface area contributed by atoms with E-state index < -0.39 is 0 Å². The van der Waals surface area contributed by atoms with Crippen molar-refractivity contribution in [3.05, 3.63) is 27.3 Å². The first kappa shape index (κ1) is 12.5. The molecule has 0 aliphatic heterocycles. The average molecular weight is 268 g/mol. The Morgan fingerprint density at radius 2 is 2.06 bits per heavy atom. The van der Waals surface area contributed by atoms with Crippen LogP contribution in [0.25, 0.3) is 11.5 Å². The van der Waals surface area contributed by atoms with Gasteiger partial charge in [0.05, 0.1) is 5.01 Å². The summed E-state index contributed by atoms with van der Waals surface area (Å²) in [5, 5.41) is 3.45. The fraction of sp³-hybridized carbons (Fsp3) is 0.417. The van der Waals surface area contributed by atoms with Gasteiger partial charge in [-0.05, 0) is 25.3 Å². The summed E-state index contributed by atoms with van der Waals surface area (Å²) in [6, 6.07) is 1.82. The van der Waals surface area contributed by atoms with Crippen LogP contribution in [0.3, 0.4) is 0 Å². The maximum absolute atomic E-state index is 6.01. The standard InChI is InChI=1S/C12H14ClN3S/c1-7(2)4-9-5-11(13)16-12(15-9)10-6-17-8(3)14-10/h5-7H,4H2,1-3H3. The summed E-state index contributed by atoms with van der Waals surface area (Å²) >= 11 is 7.61. The first-order valence-electron chi connectivity index (χ1n) is 5.50. The molecule has 0 atom stereocenters. The number of rotatable bonds is 3. The highest BCUT2D eigenvalue weighted by atomic mass is 35.5. The number of thiazole rings is 1. The van der Waals surface area contributed by atoms with Crippen molar-refractivity contribution in [2.75, 3.05) is 0 Å². The summed E-state index contributed by atoms with van der Waals surface area (Å²) in [5.41, 5.74) is 1.78. The van der Waals surface area contributed by atoms with Crippen LogP contribution < -0.4 is 0 Å². The van der Waals surface area contributed by atoms with E-state index in [0.717, 1.165) is 22.8 Å². The predicted octanol–water partition coefficient (Wildman–Crippen LogP) is 3.76. The van der Waals surface area contributed by atoms with E-state index in [-0.39, 0.29) is 0 Å². The summed E-state index contributed by atoms with van der Waals surface area (Å²) in [5.74, 6) is 1.17. The zero-order valence-corrected chi connectivity index (χ0v) is 11.6. The Morgan fingerprint density at radius 3 is 2.65 bits per heavy atom. The molecule has 2 aromatic heterocycles. The molecule has 0 aliphatic rings. The molecule has 90 valence electrons. The van der Waals surface area contributed by atoms with Crippen molar-refractivity contribution in [3.63, 3.8) is 0 Å². The SMILES string of the molecule is Cc1nc(-c2nc(Cl)cc(CC(C)C)n2)cs1. The number of hydrogen-bond donors (Lipinski definition) is 0. The van der Waals surface area contributed by atoms with Crippen LogP contribution in [0, 0.1) is 12.8 Å². The molecule has 0 amide bonds. The fourth-order valence-corrected chi connectivity index (χ4v) is 2.37. The lowest BCUT2D eigenvalue weighted by Gasteiger charge is -2.05. The molecule has 5 heteroatoms. The Morgan fingerprint density at radius 1 is 1.29 bits per heavy atom. The molecule has 0 aliphatic carbocycles. The molecule has 2 heterocycles. The van der Waals surface area contributed by atoms with E-state index in [4.69, 9.17) is 11.6 Å². The highest BCUT2D eigenvalue weighted by molar-refractivity contribution is 7.09. The molecule has 0 N–H and O–H groups in total. The minimum Gasteiger partial charge on any atom is -0.238 e. The highest BCUT2D eigenvalue weighted by Crippen LogP contribution is 2.21. The van der Waals surface area contributed by atoms with Crippen LogP contribution in [0.15, 0.2) is 11.4 Å². The molecule has 0 bridgehead atoms. The molecule has 3 nitrogen and oxygen atoms in total. The molecule has 2 aromatic rings. The van der Waals surface area contributed by atoms with E-state index in [0.29, 0.717) is 16.9 Å². The second kappa shape index (κ2) is 5.10. The van der Waals surface area contributed by atoms with E-state index in [9.17, 15) is 0 Å². The lowest BCUT2D eigenvalue weighted by atomic mass is 10.1. The van der Waals surface area contributed by atoms with Crippen molar-refractivity contribution in [2.45, 2.75) is 27.2 Å². The van der Waals surface area contributed by atoms with E-state index in [2.05, 4.69) is 28.8 Å². The molecular weight excluding hydrogens is 254 g/mol. The van der Waals surface area contributed by atoms with Crippen LogP contribution in [-0.4, -0.2) is 15.0 Å². The molecule has 0 radical (unpaired) electrons. The Hall–Kier alpha value is -1.00. The van der Waals surface area contributed by atoms with Crippen LogP contribution >= 0.6 is 22.9 Å². The summed E-state index contributed by atoms with van der Waals surface area (Å²) in [7, 11) is 0. The minimum absolute atomic E-state index is 0.483. The van der Waals surface area contributed by atoms with Gasteiger partial charge in [-0.25, -0.2) is 15.0 Å². The molecule has 0 saturated heterocycles. The van der Waals surface area contributed by atoms with E-state index in [1.807, 2.05) is 18.4 Å². The van der Waals surface area contributed by atoms with Crippen LogP contribution in [0.1, 0.15) is 24.5 Å². The largest absolute Gasteiger partial charge is 0.238 e. The smallest absolute Gasteiger partial charge is 0.180 e. The second-order valence-electron chi connectivity index (χ2n) is 4.36. The molecular formula is C12H14ClN3S. The number of aromatic nitrogens is 3. The van der Waals surface area contributed by atoms with E-state index >= 15 is 0 Å². The molecule has 0 saturated carbocycles. The van der Waals surface area contributed by atoms with Gasteiger partial charge in [0.25, 0.3) is 0 Å². The maximum Gasteiger partial charge on any atom is 0.180 e. The minimum atomic E-state index is 0.483. The Labute approximate surface area is 110 Å². The third-order valence-electron chi connectivity index (χ3n) is 2.21. The molecule has 17 heavy (non-hydrogen) atoms. The zero-order chi connectivity index (χ0) is 12.4. The van der Waals surface area contributed by atoms with Crippen LogP contribution in [0.2, 0.25) is 5.15 Å². The summed E-state index contributed by atoms with van der Waals surface area (Å²) < 4.78 is 0. The van der Waals surface area contributed by atoms with Crippen molar-refractivity contribution in [1.29, 1.82) is 0 Å². The fourth-order valence-electron chi connectivity index (χ4n) is 1.57. The highest BCUT2D eigenvalue weighted by Gasteiger charge is 2.09. The van der Waals surface area contributed by atoms with Gasteiger partial charge in [0.2, 0.25) is 0 Å². The number of hydrogen-bond acceptors (Lipinski definition) is 4. The molecule has 0 spiro atoms. The Bertz CT molecular complexity index is 522. The van der Waals surface area contributed by atoms with Gasteiger partial charge in [0.1, 0.15) is 10.8 Å². The maximum atomic E-state index is 6.01. The average Bonchev–Trinajstić information content (AvgIpc) is 2.62. The first-order valence-corrected chi connectivity index (χ1v) is 6.76. The molecule has 2 rings (SSSR count). The predicted molar refractivity (Wildman–Crippen MR) is 71.4 cm³/mol. The van der Waals surface area contributed by atoms with Gasteiger partial charge < -0.3 is 0 Å². The van der Waals surface area contributed by atoms with Gasteiger partial charge in [-0.1, -0.05) is 25.4 Å². The third kappa shape index (κ3) is 3.23. The first-order chi connectivity index (χ1) is 8.04.